The highest BCUT2D eigenvalue weighted by Crippen LogP contribution is 2.38. The average molecular weight is 677 g/mol. The van der Waals surface area contributed by atoms with Gasteiger partial charge in [0.2, 0.25) is 5.91 Å². The first-order valence-corrected chi connectivity index (χ1v) is 17.0. The molecule has 1 atom stereocenters. The Kier molecular flexibility index (Phi) is 10.1. The van der Waals surface area contributed by atoms with Crippen LogP contribution in [0.15, 0.2) is 131 Å². The molecule has 3 N–H and O–H groups in total. The number of anilines is 2. The smallest absolute Gasteiger partial charge is 0.272 e. The van der Waals surface area contributed by atoms with Crippen LogP contribution in [0.5, 0.6) is 5.75 Å². The standard InChI is InChI=1S/C36H28N4O4S3/c1-44-26-17-18-29-31(21-26)47-36(39-29)40-35(43)32(23-10-4-2-5-11-23)46-28-15-8-14-25(20-28)37-34(42)30(22-27-16-9-19-45-27)38-33(41)24-12-6-3-7-13-24/h2-22,32H,1H3,(H,37,42)(H,38,41)(H,39,40,43)/b30-22-. The van der Waals surface area contributed by atoms with Crippen LogP contribution in [0, 0.1) is 0 Å². The second kappa shape index (κ2) is 14.9. The number of thioether (sulfide) groups is 1. The minimum atomic E-state index is -0.608. The van der Waals surface area contributed by atoms with Gasteiger partial charge in [-0.05, 0) is 71.6 Å². The van der Waals surface area contributed by atoms with Crippen LogP contribution in [-0.4, -0.2) is 29.8 Å². The number of fused-ring (bicyclic) bond motifs is 1. The predicted molar refractivity (Wildman–Crippen MR) is 191 cm³/mol. The van der Waals surface area contributed by atoms with Gasteiger partial charge in [0, 0.05) is 21.0 Å². The van der Waals surface area contributed by atoms with Gasteiger partial charge >= 0.3 is 0 Å². The highest BCUT2D eigenvalue weighted by Gasteiger charge is 2.24. The molecule has 0 spiro atoms. The van der Waals surface area contributed by atoms with Crippen LogP contribution < -0.4 is 20.7 Å². The monoisotopic (exact) mass is 676 g/mol. The Labute approximate surface area is 283 Å². The summed E-state index contributed by atoms with van der Waals surface area (Å²) in [6, 6.07) is 34.8. The molecule has 8 nitrogen and oxygen atoms in total. The summed E-state index contributed by atoms with van der Waals surface area (Å²) >= 11 is 4.18. The first-order valence-electron chi connectivity index (χ1n) is 14.5. The second-order valence-corrected chi connectivity index (χ2v) is 13.3. The lowest BCUT2D eigenvalue weighted by Gasteiger charge is -2.17. The van der Waals surface area contributed by atoms with Gasteiger partial charge < -0.3 is 20.7 Å². The van der Waals surface area contributed by atoms with Crippen LogP contribution in [0.25, 0.3) is 16.3 Å². The number of thiazole rings is 1. The summed E-state index contributed by atoms with van der Waals surface area (Å²) in [5, 5.41) is 10.4. The number of hydrogen-bond donors (Lipinski definition) is 3. The highest BCUT2D eigenvalue weighted by atomic mass is 32.2. The van der Waals surface area contributed by atoms with Crippen molar-refractivity contribution in [2.75, 3.05) is 17.7 Å². The molecule has 11 heteroatoms. The summed E-state index contributed by atoms with van der Waals surface area (Å²) in [7, 11) is 1.61. The zero-order valence-electron chi connectivity index (χ0n) is 25.0. The number of carbonyl (C=O) groups is 3. The molecule has 0 fully saturated rings. The van der Waals surface area contributed by atoms with Gasteiger partial charge in [-0.1, -0.05) is 72.0 Å². The van der Waals surface area contributed by atoms with Crippen LogP contribution >= 0.6 is 34.4 Å². The number of benzene rings is 4. The number of methoxy groups -OCH3 is 1. The maximum atomic E-state index is 13.7. The fourth-order valence-corrected chi connectivity index (χ4v) is 7.23. The van der Waals surface area contributed by atoms with Crippen molar-refractivity contribution < 1.29 is 19.1 Å². The van der Waals surface area contributed by atoms with Gasteiger partial charge in [-0.25, -0.2) is 4.98 Å². The van der Waals surface area contributed by atoms with E-state index >= 15 is 0 Å². The number of carbonyl (C=O) groups excluding carboxylic acids is 3. The molecule has 0 bridgehead atoms. The number of rotatable bonds is 11. The van der Waals surface area contributed by atoms with Crippen molar-refractivity contribution in [2.45, 2.75) is 10.1 Å². The van der Waals surface area contributed by atoms with Gasteiger partial charge in [-0.3, -0.25) is 14.4 Å². The third-order valence-corrected chi connectivity index (χ3v) is 9.87. The maximum Gasteiger partial charge on any atom is 0.272 e. The van der Waals surface area contributed by atoms with E-state index in [0.717, 1.165) is 31.3 Å². The molecular weight excluding hydrogens is 649 g/mol. The van der Waals surface area contributed by atoms with E-state index in [1.165, 1.54) is 34.4 Å². The molecule has 0 aliphatic rings. The van der Waals surface area contributed by atoms with E-state index < -0.39 is 17.1 Å². The molecule has 6 rings (SSSR count). The lowest BCUT2D eigenvalue weighted by atomic mass is 10.1. The van der Waals surface area contributed by atoms with E-state index in [-0.39, 0.29) is 11.6 Å². The Hall–Kier alpha value is -5.23. The van der Waals surface area contributed by atoms with E-state index in [9.17, 15) is 14.4 Å². The van der Waals surface area contributed by atoms with Gasteiger partial charge in [-0.15, -0.1) is 23.1 Å². The van der Waals surface area contributed by atoms with Crippen LogP contribution in [0.2, 0.25) is 0 Å². The largest absolute Gasteiger partial charge is 0.497 e. The molecule has 0 saturated carbocycles. The van der Waals surface area contributed by atoms with Crippen molar-refractivity contribution in [2.24, 2.45) is 0 Å². The summed E-state index contributed by atoms with van der Waals surface area (Å²) in [4.78, 5) is 46.4. The van der Waals surface area contributed by atoms with Crippen LogP contribution in [0.4, 0.5) is 10.8 Å². The third kappa shape index (κ3) is 8.14. The van der Waals surface area contributed by atoms with Crippen molar-refractivity contribution in [1.82, 2.24) is 10.3 Å². The topological polar surface area (TPSA) is 109 Å². The number of amides is 3. The minimum absolute atomic E-state index is 0.106. The molecule has 4 aromatic carbocycles. The lowest BCUT2D eigenvalue weighted by molar-refractivity contribution is -0.116. The van der Waals surface area contributed by atoms with Gasteiger partial charge in [0.25, 0.3) is 11.8 Å². The number of thiophene rings is 1. The lowest BCUT2D eigenvalue weighted by Crippen LogP contribution is -2.30. The molecule has 0 aliphatic carbocycles. The quantitative estimate of drug-likeness (QED) is 0.0942. The number of nitrogens with zero attached hydrogens (tertiary/aromatic N) is 1. The number of ether oxygens (including phenoxy) is 1. The Balaban J connectivity index is 1.21. The van der Waals surface area contributed by atoms with E-state index in [4.69, 9.17) is 4.74 Å². The van der Waals surface area contributed by atoms with Crippen molar-refractivity contribution in [3.8, 4) is 5.75 Å². The number of aromatic nitrogens is 1. The number of hydrogen-bond acceptors (Lipinski definition) is 8. The highest BCUT2D eigenvalue weighted by molar-refractivity contribution is 8.00. The molecule has 234 valence electrons. The zero-order valence-corrected chi connectivity index (χ0v) is 27.5. The summed E-state index contributed by atoms with van der Waals surface area (Å²) in [6.45, 7) is 0. The Bertz CT molecular complexity index is 2050. The second-order valence-electron chi connectivity index (χ2n) is 10.1. The zero-order chi connectivity index (χ0) is 32.6. The van der Waals surface area contributed by atoms with E-state index in [0.29, 0.717) is 16.4 Å². The number of nitrogens with one attached hydrogen (secondary N) is 3. The van der Waals surface area contributed by atoms with Crippen LogP contribution in [0.1, 0.15) is 26.0 Å². The summed E-state index contributed by atoms with van der Waals surface area (Å²) in [5.74, 6) is -0.380. The SMILES string of the molecule is COc1ccc2nc(NC(=O)C(Sc3cccc(NC(=O)/C(=C/c4cccs4)NC(=O)c4ccccc4)c3)c3ccccc3)sc2c1. The molecule has 2 heterocycles. The Morgan fingerprint density at radius 1 is 0.851 bits per heavy atom. The van der Waals surface area contributed by atoms with Crippen molar-refractivity contribution in [3.63, 3.8) is 0 Å². The van der Waals surface area contributed by atoms with E-state index in [1.54, 1.807) is 49.6 Å². The van der Waals surface area contributed by atoms with Gasteiger partial charge in [0.05, 0.1) is 17.3 Å². The fraction of sp³-hybridized carbons (Fsp3) is 0.0556. The molecule has 6 aromatic rings. The van der Waals surface area contributed by atoms with Gasteiger partial charge in [0.1, 0.15) is 16.7 Å². The van der Waals surface area contributed by atoms with Gasteiger partial charge in [0.15, 0.2) is 5.13 Å². The fourth-order valence-electron chi connectivity index (χ4n) is 4.60. The van der Waals surface area contributed by atoms with Crippen LogP contribution in [-0.2, 0) is 9.59 Å². The Morgan fingerprint density at radius 2 is 1.64 bits per heavy atom. The predicted octanol–water partition coefficient (Wildman–Crippen LogP) is 8.25. The molecular formula is C36H28N4O4S3. The average Bonchev–Trinajstić information content (AvgIpc) is 3.77. The van der Waals surface area contributed by atoms with Crippen molar-refractivity contribution in [3.05, 3.63) is 142 Å². The van der Waals surface area contributed by atoms with Crippen molar-refractivity contribution >= 4 is 79.3 Å². The molecule has 0 aliphatic heterocycles. The molecule has 3 amide bonds. The summed E-state index contributed by atoms with van der Waals surface area (Å²) in [5.41, 5.74) is 2.64. The molecule has 2 aromatic heterocycles. The first kappa shape index (κ1) is 31.7. The Morgan fingerprint density at radius 3 is 2.38 bits per heavy atom. The molecule has 0 saturated heterocycles. The van der Waals surface area contributed by atoms with Crippen LogP contribution in [0.3, 0.4) is 0 Å². The van der Waals surface area contributed by atoms with E-state index in [2.05, 4.69) is 20.9 Å². The normalized spacial score (nSPS) is 11.9. The van der Waals surface area contributed by atoms with Crippen molar-refractivity contribution in [1.29, 1.82) is 0 Å². The van der Waals surface area contributed by atoms with Gasteiger partial charge in [-0.2, -0.15) is 0 Å². The molecule has 1 unspecified atom stereocenters. The first-order chi connectivity index (χ1) is 22.9. The molecule has 0 radical (unpaired) electrons. The molecule has 47 heavy (non-hydrogen) atoms. The third-order valence-electron chi connectivity index (χ3n) is 6.87. The maximum absolute atomic E-state index is 13.7. The summed E-state index contributed by atoms with van der Waals surface area (Å²) in [6.07, 6.45) is 1.65. The minimum Gasteiger partial charge on any atom is -0.497 e. The van der Waals surface area contributed by atoms with E-state index in [1.807, 2.05) is 84.2 Å². The summed E-state index contributed by atoms with van der Waals surface area (Å²) < 4.78 is 6.22.